The van der Waals surface area contributed by atoms with Crippen LogP contribution < -0.4 is 5.32 Å². The van der Waals surface area contributed by atoms with E-state index >= 15 is 0 Å². The van der Waals surface area contributed by atoms with Gasteiger partial charge in [0.2, 0.25) is 10.0 Å². The fraction of sp³-hybridized carbons (Fsp3) is 0.364. The topological polar surface area (TPSA) is 84.3 Å². The second kappa shape index (κ2) is 8.57. The van der Waals surface area contributed by atoms with Gasteiger partial charge < -0.3 is 9.88 Å². The van der Waals surface area contributed by atoms with Gasteiger partial charge in [0.25, 0.3) is 5.91 Å². The van der Waals surface area contributed by atoms with Gasteiger partial charge in [0, 0.05) is 31.7 Å². The van der Waals surface area contributed by atoms with E-state index in [2.05, 4.69) is 14.9 Å². The van der Waals surface area contributed by atoms with Gasteiger partial charge in [-0.1, -0.05) is 18.2 Å². The molecule has 0 bridgehead atoms. The first-order valence-corrected chi connectivity index (χ1v) is 11.7. The molecular weight excluding hydrogens is 400 g/mol. The molecule has 30 heavy (non-hydrogen) atoms. The Morgan fingerprint density at radius 1 is 1.10 bits per heavy atom. The van der Waals surface area contributed by atoms with Crippen molar-refractivity contribution in [2.24, 2.45) is 0 Å². The molecule has 1 saturated heterocycles. The Labute approximate surface area is 176 Å². The molecular formula is C22H26N4O3S. The summed E-state index contributed by atoms with van der Waals surface area (Å²) in [4.78, 5) is 17.3. The number of fused-ring (bicyclic) bond motifs is 1. The van der Waals surface area contributed by atoms with Crippen LogP contribution in [-0.2, 0) is 16.6 Å². The number of benzene rings is 2. The summed E-state index contributed by atoms with van der Waals surface area (Å²) >= 11 is 0. The Morgan fingerprint density at radius 3 is 2.67 bits per heavy atom. The minimum atomic E-state index is -3.53. The molecule has 0 aliphatic carbocycles. The van der Waals surface area contributed by atoms with Crippen LogP contribution in [0.3, 0.4) is 0 Å². The summed E-state index contributed by atoms with van der Waals surface area (Å²) in [6, 6.07) is 14.3. The van der Waals surface area contributed by atoms with Gasteiger partial charge in [0.15, 0.2) is 0 Å². The molecule has 4 rings (SSSR count). The number of rotatable bonds is 7. The SMILES string of the molecule is Cc1nc2ccccc2n1CCCNC(=O)c1cccc(S(=O)(=O)N2CCCC2)c1. The molecule has 1 amide bonds. The molecule has 7 nitrogen and oxygen atoms in total. The van der Waals surface area contributed by atoms with Crippen LogP contribution in [0.4, 0.5) is 0 Å². The number of aromatic nitrogens is 2. The van der Waals surface area contributed by atoms with Gasteiger partial charge in [0.05, 0.1) is 15.9 Å². The van der Waals surface area contributed by atoms with Gasteiger partial charge in [-0.3, -0.25) is 4.79 Å². The maximum absolute atomic E-state index is 12.7. The van der Waals surface area contributed by atoms with Crippen molar-refractivity contribution >= 4 is 27.0 Å². The summed E-state index contributed by atoms with van der Waals surface area (Å²) in [7, 11) is -3.53. The van der Waals surface area contributed by atoms with Crippen molar-refractivity contribution in [3.05, 3.63) is 59.9 Å². The zero-order valence-electron chi connectivity index (χ0n) is 17.0. The largest absolute Gasteiger partial charge is 0.352 e. The summed E-state index contributed by atoms with van der Waals surface area (Å²) in [5, 5.41) is 2.90. The third-order valence-corrected chi connectivity index (χ3v) is 7.38. The average molecular weight is 427 g/mol. The highest BCUT2D eigenvalue weighted by Gasteiger charge is 2.27. The molecule has 1 aromatic heterocycles. The summed E-state index contributed by atoms with van der Waals surface area (Å²) in [5.74, 6) is 0.683. The molecule has 2 aromatic carbocycles. The maximum atomic E-state index is 12.7. The maximum Gasteiger partial charge on any atom is 0.251 e. The zero-order valence-corrected chi connectivity index (χ0v) is 17.9. The lowest BCUT2D eigenvalue weighted by molar-refractivity contribution is 0.0952. The fourth-order valence-electron chi connectivity index (χ4n) is 3.89. The van der Waals surface area contributed by atoms with E-state index in [1.54, 1.807) is 18.2 Å². The highest BCUT2D eigenvalue weighted by atomic mass is 32.2. The van der Waals surface area contributed by atoms with Gasteiger partial charge in [-0.25, -0.2) is 13.4 Å². The van der Waals surface area contributed by atoms with Crippen LogP contribution >= 0.6 is 0 Å². The molecule has 0 saturated carbocycles. The smallest absolute Gasteiger partial charge is 0.251 e. The van der Waals surface area contributed by atoms with E-state index in [0.717, 1.165) is 42.7 Å². The van der Waals surface area contributed by atoms with Crippen LogP contribution in [0.5, 0.6) is 0 Å². The predicted octanol–water partition coefficient (Wildman–Crippen LogP) is 2.95. The number of amides is 1. The highest BCUT2D eigenvalue weighted by molar-refractivity contribution is 7.89. The third kappa shape index (κ3) is 4.11. The molecule has 8 heteroatoms. The summed E-state index contributed by atoms with van der Waals surface area (Å²) in [5.41, 5.74) is 2.41. The molecule has 1 aliphatic heterocycles. The van der Waals surface area contributed by atoms with E-state index in [1.807, 2.05) is 31.2 Å². The quantitative estimate of drug-likeness (QED) is 0.589. The van der Waals surface area contributed by atoms with Crippen molar-refractivity contribution < 1.29 is 13.2 Å². The lowest BCUT2D eigenvalue weighted by Crippen LogP contribution is -2.29. The summed E-state index contributed by atoms with van der Waals surface area (Å²) in [6.07, 6.45) is 2.51. The van der Waals surface area contributed by atoms with Crippen molar-refractivity contribution in [2.75, 3.05) is 19.6 Å². The van der Waals surface area contributed by atoms with Crippen molar-refractivity contribution in [3.8, 4) is 0 Å². The molecule has 1 aliphatic rings. The first-order chi connectivity index (χ1) is 14.5. The van der Waals surface area contributed by atoms with Gasteiger partial charge in [0.1, 0.15) is 5.82 Å². The monoisotopic (exact) mass is 426 g/mol. The highest BCUT2D eigenvalue weighted by Crippen LogP contribution is 2.21. The fourth-order valence-corrected chi connectivity index (χ4v) is 5.46. The van der Waals surface area contributed by atoms with Gasteiger partial charge in [-0.2, -0.15) is 4.31 Å². The third-order valence-electron chi connectivity index (χ3n) is 5.49. The first-order valence-electron chi connectivity index (χ1n) is 10.3. The van der Waals surface area contributed by atoms with Crippen LogP contribution in [0.15, 0.2) is 53.4 Å². The molecule has 0 unspecified atom stereocenters. The number of nitrogens with one attached hydrogen (secondary N) is 1. The van der Waals surface area contributed by atoms with Crippen molar-refractivity contribution in [3.63, 3.8) is 0 Å². The number of nitrogens with zero attached hydrogens (tertiary/aromatic N) is 3. The molecule has 0 radical (unpaired) electrons. The lowest BCUT2D eigenvalue weighted by Gasteiger charge is -2.16. The summed E-state index contributed by atoms with van der Waals surface area (Å²) < 4.78 is 29.1. The Kier molecular flexibility index (Phi) is 5.87. The Balaban J connectivity index is 1.37. The van der Waals surface area contributed by atoms with Crippen molar-refractivity contribution in [1.82, 2.24) is 19.2 Å². The molecule has 1 N–H and O–H groups in total. The first kappa shape index (κ1) is 20.6. The molecule has 1 fully saturated rings. The number of carbonyl (C=O) groups is 1. The normalized spacial score (nSPS) is 15.0. The Hall–Kier alpha value is -2.71. The van der Waals surface area contributed by atoms with E-state index in [4.69, 9.17) is 0 Å². The van der Waals surface area contributed by atoms with Crippen molar-refractivity contribution in [1.29, 1.82) is 0 Å². The number of aryl methyl sites for hydroxylation is 2. The molecule has 158 valence electrons. The van der Waals surface area contributed by atoms with E-state index in [1.165, 1.54) is 10.4 Å². The van der Waals surface area contributed by atoms with Crippen molar-refractivity contribution in [2.45, 2.75) is 37.6 Å². The van der Waals surface area contributed by atoms with E-state index in [9.17, 15) is 13.2 Å². The number of hydrogen-bond donors (Lipinski definition) is 1. The zero-order chi connectivity index (χ0) is 21.1. The number of para-hydroxylation sites is 2. The molecule has 0 spiro atoms. The standard InChI is InChI=1S/C22H26N4O3S/c1-17-24-20-10-2-3-11-21(20)26(17)15-7-12-23-22(27)18-8-6-9-19(16-18)30(28,29)25-13-4-5-14-25/h2-3,6,8-11,16H,4-5,7,12-15H2,1H3,(H,23,27). The lowest BCUT2D eigenvalue weighted by atomic mass is 10.2. The summed E-state index contributed by atoms with van der Waals surface area (Å²) in [6.45, 7) is 4.30. The van der Waals surface area contributed by atoms with E-state index < -0.39 is 10.0 Å². The van der Waals surface area contributed by atoms with E-state index in [0.29, 0.717) is 25.2 Å². The van der Waals surface area contributed by atoms with Crippen LogP contribution in [0.2, 0.25) is 0 Å². The van der Waals surface area contributed by atoms with Gasteiger partial charge in [-0.15, -0.1) is 0 Å². The minimum Gasteiger partial charge on any atom is -0.352 e. The molecule has 2 heterocycles. The number of imidazole rings is 1. The predicted molar refractivity (Wildman–Crippen MR) is 116 cm³/mol. The second-order valence-corrected chi connectivity index (χ2v) is 9.49. The minimum absolute atomic E-state index is 0.178. The Morgan fingerprint density at radius 2 is 1.87 bits per heavy atom. The van der Waals surface area contributed by atoms with Gasteiger partial charge in [-0.05, 0) is 56.5 Å². The molecule has 3 aromatic rings. The Bertz CT molecular complexity index is 1160. The van der Waals surface area contributed by atoms with E-state index in [-0.39, 0.29) is 10.8 Å². The number of sulfonamides is 1. The number of carbonyl (C=O) groups excluding carboxylic acids is 1. The van der Waals surface area contributed by atoms with Crippen LogP contribution in [0.1, 0.15) is 35.4 Å². The van der Waals surface area contributed by atoms with Crippen LogP contribution in [0, 0.1) is 6.92 Å². The van der Waals surface area contributed by atoms with Crippen LogP contribution in [0.25, 0.3) is 11.0 Å². The van der Waals surface area contributed by atoms with Gasteiger partial charge >= 0.3 is 0 Å². The van der Waals surface area contributed by atoms with Crippen LogP contribution in [-0.4, -0.2) is 47.8 Å². The second-order valence-electron chi connectivity index (χ2n) is 7.55. The average Bonchev–Trinajstić information content (AvgIpc) is 3.40. The molecule has 0 atom stereocenters. The number of hydrogen-bond acceptors (Lipinski definition) is 4.